The third kappa shape index (κ3) is 5.65. The molecule has 3 rings (SSSR count). The smallest absolute Gasteiger partial charge is 0.416 e. The van der Waals surface area contributed by atoms with Crippen LogP contribution in [-0.4, -0.2) is 27.5 Å². The van der Waals surface area contributed by atoms with E-state index in [1.165, 1.54) is 12.1 Å². The zero-order chi connectivity index (χ0) is 22.6. The summed E-state index contributed by atoms with van der Waals surface area (Å²) in [5, 5.41) is 13.4. The first-order valence-corrected chi connectivity index (χ1v) is 9.84. The highest BCUT2D eigenvalue weighted by Crippen LogP contribution is 2.30. The largest absolute Gasteiger partial charge is 0.493 e. The number of aromatic nitrogens is 2. The van der Waals surface area contributed by atoms with Crippen LogP contribution >= 0.6 is 0 Å². The lowest BCUT2D eigenvalue weighted by molar-refractivity contribution is -0.138. The molecule has 0 saturated heterocycles. The van der Waals surface area contributed by atoms with Gasteiger partial charge in [0.15, 0.2) is 0 Å². The summed E-state index contributed by atoms with van der Waals surface area (Å²) in [5.41, 5.74) is 2.22. The van der Waals surface area contributed by atoms with E-state index in [2.05, 4.69) is 5.10 Å². The Morgan fingerprint density at radius 3 is 2.52 bits per heavy atom. The van der Waals surface area contributed by atoms with Gasteiger partial charge in [0, 0.05) is 12.1 Å². The minimum atomic E-state index is -4.38. The molecule has 31 heavy (non-hydrogen) atoms. The number of aliphatic carboxylic acids is 1. The lowest BCUT2D eigenvalue weighted by atomic mass is 9.98. The molecule has 0 saturated carbocycles. The Balaban J connectivity index is 1.74. The molecule has 0 bridgehead atoms. The molecule has 1 heterocycles. The van der Waals surface area contributed by atoms with Crippen LogP contribution in [0.4, 0.5) is 13.2 Å². The van der Waals surface area contributed by atoms with Crippen molar-refractivity contribution in [3.05, 3.63) is 77.1 Å². The number of nitrogens with zero attached hydrogens (tertiary/aromatic N) is 2. The minimum Gasteiger partial charge on any atom is -0.493 e. The van der Waals surface area contributed by atoms with Gasteiger partial charge in [0.2, 0.25) is 0 Å². The molecular formula is C23H23F3N2O3. The van der Waals surface area contributed by atoms with Gasteiger partial charge in [-0.05, 0) is 60.9 Å². The fourth-order valence-electron chi connectivity index (χ4n) is 3.35. The molecule has 0 amide bonds. The SMILES string of the molecule is CCC(COc1cccc(CC(=O)O)c1)c1cn(-c2ccc(C(F)(F)F)cc2)nc1C. The van der Waals surface area contributed by atoms with E-state index in [0.29, 0.717) is 23.6 Å². The van der Waals surface area contributed by atoms with Crippen molar-refractivity contribution in [3.63, 3.8) is 0 Å². The summed E-state index contributed by atoms with van der Waals surface area (Å²) in [6.07, 6.45) is -1.87. The highest BCUT2D eigenvalue weighted by atomic mass is 19.4. The summed E-state index contributed by atoms with van der Waals surface area (Å²) >= 11 is 0. The highest BCUT2D eigenvalue weighted by Gasteiger charge is 2.30. The molecular weight excluding hydrogens is 409 g/mol. The van der Waals surface area contributed by atoms with Crippen LogP contribution in [0, 0.1) is 6.92 Å². The first-order valence-electron chi connectivity index (χ1n) is 9.84. The maximum absolute atomic E-state index is 12.8. The number of rotatable bonds is 8. The van der Waals surface area contributed by atoms with Crippen LogP contribution in [0.5, 0.6) is 5.75 Å². The number of alkyl halides is 3. The summed E-state index contributed by atoms with van der Waals surface area (Å²) in [6.45, 7) is 4.24. The van der Waals surface area contributed by atoms with Crippen molar-refractivity contribution in [2.75, 3.05) is 6.61 Å². The number of aryl methyl sites for hydroxylation is 1. The molecule has 0 aliphatic rings. The van der Waals surface area contributed by atoms with E-state index in [1.54, 1.807) is 28.9 Å². The van der Waals surface area contributed by atoms with Gasteiger partial charge in [0.25, 0.3) is 0 Å². The van der Waals surface area contributed by atoms with Gasteiger partial charge >= 0.3 is 12.1 Å². The number of carboxylic acids is 1. The van der Waals surface area contributed by atoms with E-state index in [4.69, 9.17) is 9.84 Å². The molecule has 5 nitrogen and oxygen atoms in total. The third-order valence-electron chi connectivity index (χ3n) is 5.03. The summed E-state index contributed by atoms with van der Waals surface area (Å²) in [5.74, 6) is -0.300. The van der Waals surface area contributed by atoms with Gasteiger partial charge in [-0.1, -0.05) is 19.1 Å². The van der Waals surface area contributed by atoms with E-state index in [9.17, 15) is 18.0 Å². The van der Waals surface area contributed by atoms with Crippen LogP contribution < -0.4 is 4.74 Å². The van der Waals surface area contributed by atoms with Gasteiger partial charge in [-0.25, -0.2) is 4.68 Å². The number of benzene rings is 2. The fourth-order valence-corrected chi connectivity index (χ4v) is 3.35. The summed E-state index contributed by atoms with van der Waals surface area (Å²) in [6, 6.07) is 11.8. The second-order valence-electron chi connectivity index (χ2n) is 7.29. The first kappa shape index (κ1) is 22.4. The Morgan fingerprint density at radius 1 is 1.19 bits per heavy atom. The van der Waals surface area contributed by atoms with E-state index in [-0.39, 0.29) is 12.3 Å². The van der Waals surface area contributed by atoms with Crippen LogP contribution in [0.1, 0.15) is 41.6 Å². The summed E-state index contributed by atoms with van der Waals surface area (Å²) in [7, 11) is 0. The number of carboxylic acid groups (broad SMARTS) is 1. The topological polar surface area (TPSA) is 64.3 Å². The van der Waals surface area contributed by atoms with Crippen LogP contribution in [0.25, 0.3) is 5.69 Å². The molecule has 8 heteroatoms. The van der Waals surface area contributed by atoms with Crippen molar-refractivity contribution >= 4 is 5.97 Å². The molecule has 164 valence electrons. The summed E-state index contributed by atoms with van der Waals surface area (Å²) in [4.78, 5) is 10.9. The van der Waals surface area contributed by atoms with Gasteiger partial charge in [-0.15, -0.1) is 0 Å². The Labute approximate surface area is 178 Å². The number of ether oxygens (including phenoxy) is 1. The first-order chi connectivity index (χ1) is 14.7. The molecule has 0 fully saturated rings. The molecule has 1 atom stereocenters. The molecule has 0 spiro atoms. The van der Waals surface area contributed by atoms with Crippen molar-refractivity contribution in [2.24, 2.45) is 0 Å². The van der Waals surface area contributed by atoms with Crippen LogP contribution in [0.15, 0.2) is 54.7 Å². The van der Waals surface area contributed by atoms with Gasteiger partial charge in [0.05, 0.1) is 30.0 Å². The Kier molecular flexibility index (Phi) is 6.68. The van der Waals surface area contributed by atoms with Crippen LogP contribution in [0.2, 0.25) is 0 Å². The third-order valence-corrected chi connectivity index (χ3v) is 5.03. The van der Waals surface area contributed by atoms with Gasteiger partial charge in [0.1, 0.15) is 5.75 Å². The van der Waals surface area contributed by atoms with Gasteiger partial charge in [-0.2, -0.15) is 18.3 Å². The van der Waals surface area contributed by atoms with Gasteiger partial charge in [-0.3, -0.25) is 4.79 Å². The van der Waals surface area contributed by atoms with E-state index in [0.717, 1.165) is 29.8 Å². The fraction of sp³-hybridized carbons (Fsp3) is 0.304. The lowest BCUT2D eigenvalue weighted by Gasteiger charge is -2.16. The Hall–Kier alpha value is -3.29. The van der Waals surface area contributed by atoms with E-state index in [1.807, 2.05) is 20.0 Å². The number of carbonyl (C=O) groups is 1. The Morgan fingerprint density at radius 2 is 1.90 bits per heavy atom. The molecule has 1 aromatic heterocycles. The molecule has 1 unspecified atom stereocenters. The number of hydrogen-bond acceptors (Lipinski definition) is 3. The van der Waals surface area contributed by atoms with Crippen molar-refractivity contribution in [1.29, 1.82) is 0 Å². The zero-order valence-electron chi connectivity index (χ0n) is 17.2. The maximum atomic E-state index is 12.8. The predicted molar refractivity (Wildman–Crippen MR) is 110 cm³/mol. The molecule has 0 radical (unpaired) electrons. The van der Waals surface area contributed by atoms with Crippen LogP contribution in [0.3, 0.4) is 0 Å². The maximum Gasteiger partial charge on any atom is 0.416 e. The average molecular weight is 432 g/mol. The molecule has 3 aromatic rings. The zero-order valence-corrected chi connectivity index (χ0v) is 17.2. The van der Waals surface area contributed by atoms with Crippen LogP contribution in [-0.2, 0) is 17.4 Å². The highest BCUT2D eigenvalue weighted by molar-refractivity contribution is 5.70. The standard InChI is InChI=1S/C23H23F3N2O3/c1-3-17(14-31-20-6-4-5-16(11-20)12-22(29)30)21-13-28(27-15(21)2)19-9-7-18(8-10-19)23(24,25)26/h4-11,13,17H,3,12,14H2,1-2H3,(H,29,30). The molecule has 0 aliphatic carbocycles. The monoisotopic (exact) mass is 432 g/mol. The van der Waals surface area contributed by atoms with Crippen molar-refractivity contribution in [3.8, 4) is 11.4 Å². The average Bonchev–Trinajstić information content (AvgIpc) is 3.09. The molecule has 0 aliphatic heterocycles. The van der Waals surface area contributed by atoms with E-state index >= 15 is 0 Å². The number of hydrogen-bond donors (Lipinski definition) is 1. The minimum absolute atomic E-state index is 0.0197. The molecule has 2 aromatic carbocycles. The normalized spacial score (nSPS) is 12.5. The van der Waals surface area contributed by atoms with Crippen molar-refractivity contribution in [1.82, 2.24) is 9.78 Å². The second kappa shape index (κ2) is 9.24. The number of halogens is 3. The second-order valence-corrected chi connectivity index (χ2v) is 7.29. The van der Waals surface area contributed by atoms with E-state index < -0.39 is 17.7 Å². The lowest BCUT2D eigenvalue weighted by Crippen LogP contribution is -2.10. The Bertz CT molecular complexity index is 1040. The van der Waals surface area contributed by atoms with Gasteiger partial charge < -0.3 is 9.84 Å². The van der Waals surface area contributed by atoms with Crippen molar-refractivity contribution in [2.45, 2.75) is 38.8 Å². The quantitative estimate of drug-likeness (QED) is 0.518. The van der Waals surface area contributed by atoms with Crippen molar-refractivity contribution < 1.29 is 27.8 Å². The summed E-state index contributed by atoms with van der Waals surface area (Å²) < 4.78 is 45.8. The molecule has 1 N–H and O–H groups in total. The predicted octanol–water partition coefficient (Wildman–Crippen LogP) is 5.40.